The third-order valence-corrected chi connectivity index (χ3v) is 11.1. The molecule has 8 nitrogen and oxygen atoms in total. The second kappa shape index (κ2) is 13.6. The molecule has 5 atom stereocenters. The molecule has 3 aliphatic heterocycles. The van der Waals surface area contributed by atoms with Crippen molar-refractivity contribution in [3.63, 3.8) is 0 Å². The molecule has 4 heterocycles. The number of halogens is 5. The number of ether oxygens (including phenoxy) is 1. The van der Waals surface area contributed by atoms with Crippen LogP contribution in [0.15, 0.2) is 24.3 Å². The van der Waals surface area contributed by atoms with Crippen LogP contribution in [0, 0.1) is 40.8 Å². The molecule has 2 aromatic carbocycles. The smallest absolute Gasteiger partial charge is 0.410 e. The molecule has 1 aromatic heterocycles. The second-order valence-electron chi connectivity index (χ2n) is 14.8. The zero-order valence-corrected chi connectivity index (χ0v) is 30.6. The van der Waals surface area contributed by atoms with E-state index < -0.39 is 29.7 Å². The normalized spacial score (nSPS) is 23.8. The molecule has 13 heteroatoms. The standard InChI is InChI=1S/C38H36Cl3F2N5O3/c1-38(2,3)51-37(50)48-17-21-15-28(48)32(21)45-33-25(12-11-23-16-22(42)18-47(23)36(49)19-9-10-19)35(41)46-34-26(33)14-20(6-5-13-44)29(31(34)43)24-7-4-8-27(39)30(24)40/h4,7-8,14,19,21-23,28,32H,5-6,9-10,15-18H2,1-3H3,(H,45,46)/t21-,22+,23+,28-,32+/m1/s1. The van der Waals surface area contributed by atoms with E-state index in [0.29, 0.717) is 28.7 Å². The average Bonchev–Trinajstić information content (AvgIpc) is 3.56. The van der Waals surface area contributed by atoms with E-state index in [9.17, 15) is 19.2 Å². The van der Waals surface area contributed by atoms with Gasteiger partial charge in [-0.05, 0) is 64.2 Å². The number of rotatable bonds is 6. The molecule has 8 rings (SSSR count). The number of pyridine rings is 1. The van der Waals surface area contributed by atoms with Gasteiger partial charge in [0.15, 0.2) is 5.82 Å². The Balaban J connectivity index is 1.36. The van der Waals surface area contributed by atoms with E-state index in [1.54, 1.807) is 29.2 Å². The summed E-state index contributed by atoms with van der Waals surface area (Å²) in [4.78, 5) is 33.8. The van der Waals surface area contributed by atoms with Crippen molar-refractivity contribution in [2.24, 2.45) is 11.8 Å². The minimum Gasteiger partial charge on any atom is -0.444 e. The van der Waals surface area contributed by atoms with Gasteiger partial charge in [-0.3, -0.25) is 4.79 Å². The van der Waals surface area contributed by atoms with Crippen molar-refractivity contribution < 1.29 is 23.1 Å². The third kappa shape index (κ3) is 6.79. The molecule has 266 valence electrons. The summed E-state index contributed by atoms with van der Waals surface area (Å²) in [6.07, 6.45) is 1.08. The van der Waals surface area contributed by atoms with E-state index in [-0.39, 0.29) is 87.5 Å². The van der Waals surface area contributed by atoms with Crippen LogP contribution in [0.5, 0.6) is 0 Å². The molecule has 0 spiro atoms. The predicted molar refractivity (Wildman–Crippen MR) is 193 cm³/mol. The molecule has 2 amide bonds. The Morgan fingerprint density at radius 2 is 1.90 bits per heavy atom. The predicted octanol–water partition coefficient (Wildman–Crippen LogP) is 8.58. The maximum Gasteiger partial charge on any atom is 0.410 e. The number of carbonyl (C=O) groups excluding carboxylic acids is 2. The number of hydrogen-bond acceptors (Lipinski definition) is 6. The minimum absolute atomic E-state index is 0.0161. The van der Waals surface area contributed by atoms with Gasteiger partial charge in [0.2, 0.25) is 5.91 Å². The van der Waals surface area contributed by atoms with Crippen LogP contribution < -0.4 is 5.32 Å². The number of fused-ring (bicyclic) bond motifs is 2. The minimum atomic E-state index is -1.20. The highest BCUT2D eigenvalue weighted by atomic mass is 35.5. The van der Waals surface area contributed by atoms with Gasteiger partial charge < -0.3 is 19.9 Å². The highest BCUT2D eigenvalue weighted by Crippen LogP contribution is 2.47. The number of aryl methyl sites for hydroxylation is 1. The highest BCUT2D eigenvalue weighted by Gasteiger charge is 2.55. The molecule has 5 fully saturated rings. The zero-order chi connectivity index (χ0) is 36.4. The molecule has 51 heavy (non-hydrogen) atoms. The topological polar surface area (TPSA) is 98.6 Å². The molecule has 1 N–H and O–H groups in total. The van der Waals surface area contributed by atoms with E-state index in [2.05, 4.69) is 28.2 Å². The Bertz CT molecular complexity index is 2050. The van der Waals surface area contributed by atoms with E-state index in [0.717, 1.165) is 19.3 Å². The van der Waals surface area contributed by atoms with Crippen LogP contribution in [0.25, 0.3) is 22.0 Å². The summed E-state index contributed by atoms with van der Waals surface area (Å²) < 4.78 is 37.3. The molecule has 0 radical (unpaired) electrons. The van der Waals surface area contributed by atoms with Gasteiger partial charge in [0.25, 0.3) is 0 Å². The van der Waals surface area contributed by atoms with E-state index in [1.807, 2.05) is 20.8 Å². The van der Waals surface area contributed by atoms with Gasteiger partial charge in [-0.1, -0.05) is 58.8 Å². The van der Waals surface area contributed by atoms with Crippen molar-refractivity contribution in [3.8, 4) is 29.0 Å². The molecular weight excluding hydrogens is 719 g/mol. The maximum absolute atomic E-state index is 16.9. The summed E-state index contributed by atoms with van der Waals surface area (Å²) in [7, 11) is 0. The first-order valence-electron chi connectivity index (χ1n) is 17.1. The van der Waals surface area contributed by atoms with Gasteiger partial charge in [-0.25, -0.2) is 18.6 Å². The van der Waals surface area contributed by atoms with Crippen LogP contribution >= 0.6 is 34.8 Å². The summed E-state index contributed by atoms with van der Waals surface area (Å²) in [6.45, 7) is 5.91. The van der Waals surface area contributed by atoms with Crippen molar-refractivity contribution in [2.75, 3.05) is 18.4 Å². The van der Waals surface area contributed by atoms with Gasteiger partial charge in [-0.15, -0.1) is 0 Å². The first-order chi connectivity index (χ1) is 24.3. The molecule has 5 aliphatic rings. The van der Waals surface area contributed by atoms with Crippen molar-refractivity contribution in [1.29, 1.82) is 5.26 Å². The van der Waals surface area contributed by atoms with E-state index in [4.69, 9.17) is 39.5 Å². The van der Waals surface area contributed by atoms with E-state index in [1.165, 1.54) is 4.90 Å². The molecule has 3 saturated heterocycles. The van der Waals surface area contributed by atoms with Crippen molar-refractivity contribution in [2.45, 2.75) is 89.2 Å². The fourth-order valence-electron chi connectivity index (χ4n) is 7.44. The van der Waals surface area contributed by atoms with Crippen LogP contribution in [-0.4, -0.2) is 69.8 Å². The lowest BCUT2D eigenvalue weighted by atomic mass is 9.79. The zero-order valence-electron chi connectivity index (χ0n) is 28.3. The maximum atomic E-state index is 16.9. The monoisotopic (exact) mass is 753 g/mol. The van der Waals surface area contributed by atoms with E-state index >= 15 is 4.39 Å². The van der Waals surface area contributed by atoms with Crippen LogP contribution in [0.1, 0.15) is 64.0 Å². The summed E-state index contributed by atoms with van der Waals surface area (Å²) >= 11 is 19.8. The number of nitrogens with one attached hydrogen (secondary N) is 1. The average molecular weight is 755 g/mol. The Labute approximate surface area is 310 Å². The number of alkyl halides is 1. The third-order valence-electron chi connectivity index (χ3n) is 10.0. The summed E-state index contributed by atoms with van der Waals surface area (Å²) in [5.41, 5.74) is 0.956. The molecular formula is C38H36Cl3F2N5O3. The van der Waals surface area contributed by atoms with Crippen LogP contribution in [0.3, 0.4) is 0 Å². The van der Waals surface area contributed by atoms with Gasteiger partial charge in [0.05, 0.1) is 52.0 Å². The fraction of sp³-hybridized carbons (Fsp3) is 0.474. The quantitative estimate of drug-likeness (QED) is 0.200. The molecule has 0 unspecified atom stereocenters. The van der Waals surface area contributed by atoms with Gasteiger partial charge in [-0.2, -0.15) is 5.26 Å². The van der Waals surface area contributed by atoms with Crippen LogP contribution in [0.4, 0.5) is 19.3 Å². The summed E-state index contributed by atoms with van der Waals surface area (Å²) in [5, 5.41) is 13.8. The van der Waals surface area contributed by atoms with Crippen LogP contribution in [0.2, 0.25) is 15.2 Å². The number of nitrogens with zero attached hydrogens (tertiary/aromatic N) is 4. The first-order valence-corrected chi connectivity index (χ1v) is 18.3. The number of anilines is 1. The summed E-state index contributed by atoms with van der Waals surface area (Å²) in [5.74, 6) is 5.39. The Morgan fingerprint density at radius 1 is 1.14 bits per heavy atom. The lowest BCUT2D eigenvalue weighted by molar-refractivity contribution is -0.132. The van der Waals surface area contributed by atoms with Crippen molar-refractivity contribution >= 4 is 63.4 Å². The fourth-order valence-corrected chi connectivity index (χ4v) is 8.06. The lowest BCUT2D eigenvalue weighted by Gasteiger charge is -2.38. The number of nitriles is 1. The van der Waals surface area contributed by atoms with Gasteiger partial charge >= 0.3 is 6.09 Å². The molecule has 3 aromatic rings. The first kappa shape index (κ1) is 35.6. The SMILES string of the molecule is CC(C)(C)OC(=O)N1C[C@H]2C[C@@H]1[C@H]2Nc1c(C#C[C@H]2C[C@H](F)CN2C(=O)C2CC2)c(Cl)nc2c(F)c(-c3cccc(Cl)c3Cl)c(CCC#N)cc12. The van der Waals surface area contributed by atoms with Crippen LogP contribution in [-0.2, 0) is 16.0 Å². The number of amides is 2. The lowest BCUT2D eigenvalue weighted by Crippen LogP contribution is -2.50. The molecule has 2 saturated carbocycles. The van der Waals surface area contributed by atoms with Gasteiger partial charge in [0, 0.05) is 47.7 Å². The number of aromatic nitrogens is 1. The molecule has 2 aliphatic carbocycles. The molecule has 2 bridgehead atoms. The highest BCUT2D eigenvalue weighted by molar-refractivity contribution is 6.43. The van der Waals surface area contributed by atoms with Crippen molar-refractivity contribution in [3.05, 3.63) is 56.4 Å². The van der Waals surface area contributed by atoms with Crippen molar-refractivity contribution in [1.82, 2.24) is 14.8 Å². The Morgan fingerprint density at radius 3 is 2.61 bits per heavy atom. The number of benzene rings is 2. The second-order valence-corrected chi connectivity index (χ2v) is 15.9. The summed E-state index contributed by atoms with van der Waals surface area (Å²) in [6, 6.07) is 7.73. The number of carbonyl (C=O) groups is 2. The Hall–Kier alpha value is -3.83. The number of likely N-dealkylation sites (tertiary alicyclic amines) is 1. The Kier molecular flexibility index (Phi) is 9.50. The number of hydrogen-bond donors (Lipinski definition) is 1. The largest absolute Gasteiger partial charge is 0.444 e. The van der Waals surface area contributed by atoms with Gasteiger partial charge in [0.1, 0.15) is 22.4 Å².